The van der Waals surface area contributed by atoms with Crippen molar-refractivity contribution in [2.75, 3.05) is 12.0 Å². The maximum atomic E-state index is 10.8. The minimum atomic E-state index is -2.86. The van der Waals surface area contributed by atoms with Gasteiger partial charge in [0.1, 0.15) is 9.84 Å². The van der Waals surface area contributed by atoms with Crippen LogP contribution in [0.3, 0.4) is 0 Å². The topological polar surface area (TPSA) is 64.8 Å². The highest BCUT2D eigenvalue weighted by Gasteiger charge is 2.03. The maximum absolute atomic E-state index is 10.8. The Morgan fingerprint density at radius 3 is 2.79 bits per heavy atom. The Morgan fingerprint density at radius 1 is 1.57 bits per heavy atom. The third kappa shape index (κ3) is 4.19. The lowest BCUT2D eigenvalue weighted by atomic mass is 10.5. The van der Waals surface area contributed by atoms with Crippen molar-refractivity contribution in [1.29, 1.82) is 0 Å². The summed E-state index contributed by atoms with van der Waals surface area (Å²) >= 11 is 3.26. The van der Waals surface area contributed by atoms with Gasteiger partial charge in [0.15, 0.2) is 0 Å². The van der Waals surface area contributed by atoms with E-state index in [2.05, 4.69) is 26.2 Å². The zero-order chi connectivity index (χ0) is 10.6. The van der Waals surface area contributed by atoms with E-state index in [1.54, 1.807) is 10.9 Å². The Bertz CT molecular complexity index is 387. The molecule has 0 aliphatic rings. The van der Waals surface area contributed by atoms with E-state index >= 15 is 0 Å². The summed E-state index contributed by atoms with van der Waals surface area (Å²) in [5.74, 6) is 0.191. The fourth-order valence-corrected chi connectivity index (χ4v) is 1.91. The van der Waals surface area contributed by atoms with Gasteiger partial charge in [-0.3, -0.25) is 4.68 Å². The predicted octanol–water partition coefficient (Wildman–Crippen LogP) is 0.608. The molecule has 0 amide bonds. The monoisotopic (exact) mass is 281 g/mol. The van der Waals surface area contributed by atoms with Crippen LogP contribution in [0.25, 0.3) is 0 Å². The standard InChI is InChI=1S/C7H12BrN3O2S/c1-14(12,13)4-2-3-11-6-7(5-8)9-10-11/h6H,2-5H2,1H3. The van der Waals surface area contributed by atoms with Crippen molar-refractivity contribution in [2.45, 2.75) is 18.3 Å². The molecule has 0 unspecified atom stereocenters. The summed E-state index contributed by atoms with van der Waals surface area (Å²) in [6.07, 6.45) is 3.61. The second kappa shape index (κ2) is 4.88. The highest BCUT2D eigenvalue weighted by molar-refractivity contribution is 9.08. The smallest absolute Gasteiger partial charge is 0.147 e. The Kier molecular flexibility index (Phi) is 4.06. The largest absolute Gasteiger partial charge is 0.252 e. The van der Waals surface area contributed by atoms with E-state index in [1.165, 1.54) is 6.26 Å². The number of aryl methyl sites for hydroxylation is 1. The van der Waals surface area contributed by atoms with Crippen molar-refractivity contribution in [3.8, 4) is 0 Å². The first-order valence-corrected chi connectivity index (χ1v) is 7.32. The van der Waals surface area contributed by atoms with Crippen LogP contribution in [0, 0.1) is 0 Å². The first-order chi connectivity index (χ1) is 6.51. The van der Waals surface area contributed by atoms with Crippen molar-refractivity contribution < 1.29 is 8.42 Å². The van der Waals surface area contributed by atoms with E-state index in [9.17, 15) is 8.42 Å². The molecule has 1 aromatic heterocycles. The van der Waals surface area contributed by atoms with Crippen molar-refractivity contribution in [3.63, 3.8) is 0 Å². The number of nitrogens with zero attached hydrogens (tertiary/aromatic N) is 3. The molecule has 0 saturated heterocycles. The Balaban J connectivity index is 2.39. The quantitative estimate of drug-likeness (QED) is 0.742. The molecule has 0 aliphatic heterocycles. The maximum Gasteiger partial charge on any atom is 0.147 e. The molecule has 0 radical (unpaired) electrons. The summed E-state index contributed by atoms with van der Waals surface area (Å²) in [5, 5.41) is 8.38. The predicted molar refractivity (Wildman–Crippen MR) is 57.0 cm³/mol. The molecule has 1 heterocycles. The van der Waals surface area contributed by atoms with Gasteiger partial charge in [-0.1, -0.05) is 21.1 Å². The van der Waals surface area contributed by atoms with Crippen LogP contribution >= 0.6 is 15.9 Å². The van der Waals surface area contributed by atoms with Gasteiger partial charge in [-0.2, -0.15) is 0 Å². The van der Waals surface area contributed by atoms with Crippen LogP contribution in [0.15, 0.2) is 6.20 Å². The van der Waals surface area contributed by atoms with Crippen LogP contribution in [0.5, 0.6) is 0 Å². The van der Waals surface area contributed by atoms with Gasteiger partial charge in [-0.05, 0) is 6.42 Å². The van der Waals surface area contributed by atoms with Gasteiger partial charge in [0, 0.05) is 24.3 Å². The molecule has 0 aromatic carbocycles. The molecule has 0 aliphatic carbocycles. The van der Waals surface area contributed by atoms with Crippen LogP contribution in [0.1, 0.15) is 12.1 Å². The number of hydrogen-bond donors (Lipinski definition) is 0. The number of hydrogen-bond acceptors (Lipinski definition) is 4. The summed E-state index contributed by atoms with van der Waals surface area (Å²) in [4.78, 5) is 0. The summed E-state index contributed by atoms with van der Waals surface area (Å²) in [7, 11) is -2.86. The minimum absolute atomic E-state index is 0.191. The van der Waals surface area contributed by atoms with Crippen LogP contribution in [0.4, 0.5) is 0 Å². The Hall–Kier alpha value is -0.430. The molecule has 0 bridgehead atoms. The fraction of sp³-hybridized carbons (Fsp3) is 0.714. The van der Waals surface area contributed by atoms with E-state index in [4.69, 9.17) is 0 Å². The minimum Gasteiger partial charge on any atom is -0.252 e. The zero-order valence-corrected chi connectivity index (χ0v) is 10.3. The molecular weight excluding hydrogens is 270 g/mol. The van der Waals surface area contributed by atoms with E-state index < -0.39 is 9.84 Å². The number of aromatic nitrogens is 3. The van der Waals surface area contributed by atoms with Crippen molar-refractivity contribution >= 4 is 25.8 Å². The van der Waals surface area contributed by atoms with Crippen LogP contribution in [0.2, 0.25) is 0 Å². The first kappa shape index (κ1) is 11.6. The normalized spacial score (nSPS) is 11.9. The molecule has 7 heteroatoms. The third-order valence-electron chi connectivity index (χ3n) is 1.63. The van der Waals surface area contributed by atoms with Crippen molar-refractivity contribution in [3.05, 3.63) is 11.9 Å². The molecular formula is C7H12BrN3O2S. The second-order valence-electron chi connectivity index (χ2n) is 3.09. The number of alkyl halides is 1. The zero-order valence-electron chi connectivity index (χ0n) is 7.85. The van der Waals surface area contributed by atoms with Gasteiger partial charge in [0.25, 0.3) is 0 Å². The van der Waals surface area contributed by atoms with E-state index in [-0.39, 0.29) is 5.75 Å². The lowest BCUT2D eigenvalue weighted by molar-refractivity contribution is 0.564. The van der Waals surface area contributed by atoms with Crippen molar-refractivity contribution in [1.82, 2.24) is 15.0 Å². The highest BCUT2D eigenvalue weighted by atomic mass is 79.9. The molecule has 0 spiro atoms. The third-order valence-corrected chi connectivity index (χ3v) is 3.23. The Morgan fingerprint density at radius 2 is 2.29 bits per heavy atom. The summed E-state index contributed by atoms with van der Waals surface area (Å²) in [6.45, 7) is 0.590. The number of rotatable bonds is 5. The van der Waals surface area contributed by atoms with Gasteiger partial charge >= 0.3 is 0 Å². The van der Waals surface area contributed by atoms with Crippen LogP contribution in [-0.2, 0) is 21.7 Å². The molecule has 0 saturated carbocycles. The van der Waals surface area contributed by atoms with E-state index in [0.29, 0.717) is 18.3 Å². The molecule has 1 aromatic rings. The molecule has 1 rings (SSSR count). The molecule has 80 valence electrons. The average molecular weight is 282 g/mol. The molecule has 0 fully saturated rings. The van der Waals surface area contributed by atoms with Gasteiger partial charge in [-0.15, -0.1) is 5.10 Å². The van der Waals surface area contributed by atoms with Crippen LogP contribution in [-0.4, -0.2) is 35.4 Å². The summed E-state index contributed by atoms with van der Waals surface area (Å²) < 4.78 is 23.3. The fourth-order valence-electron chi connectivity index (χ4n) is 0.998. The van der Waals surface area contributed by atoms with Gasteiger partial charge < -0.3 is 0 Å². The SMILES string of the molecule is CS(=O)(=O)CCCn1cc(CBr)nn1. The molecule has 14 heavy (non-hydrogen) atoms. The number of sulfone groups is 1. The molecule has 0 atom stereocenters. The second-order valence-corrected chi connectivity index (χ2v) is 5.91. The van der Waals surface area contributed by atoms with Gasteiger partial charge in [0.2, 0.25) is 0 Å². The average Bonchev–Trinajstić information content (AvgIpc) is 2.50. The lowest BCUT2D eigenvalue weighted by Gasteiger charge is -1.98. The van der Waals surface area contributed by atoms with E-state index in [1.807, 2.05) is 0 Å². The van der Waals surface area contributed by atoms with Gasteiger partial charge in [-0.25, -0.2) is 8.42 Å². The summed E-state index contributed by atoms with van der Waals surface area (Å²) in [6, 6.07) is 0. The highest BCUT2D eigenvalue weighted by Crippen LogP contribution is 2.00. The lowest BCUT2D eigenvalue weighted by Crippen LogP contribution is -2.07. The van der Waals surface area contributed by atoms with Gasteiger partial charge in [0.05, 0.1) is 11.4 Å². The Labute approximate surface area is 91.5 Å². The van der Waals surface area contributed by atoms with Crippen LogP contribution < -0.4 is 0 Å². The summed E-state index contributed by atoms with van der Waals surface area (Å²) in [5.41, 5.74) is 0.851. The van der Waals surface area contributed by atoms with Crippen molar-refractivity contribution in [2.24, 2.45) is 0 Å². The molecule has 0 N–H and O–H groups in total. The number of halogens is 1. The first-order valence-electron chi connectivity index (χ1n) is 4.14. The molecule has 5 nitrogen and oxygen atoms in total. The van der Waals surface area contributed by atoms with E-state index in [0.717, 1.165) is 5.69 Å².